The van der Waals surface area contributed by atoms with Crippen molar-refractivity contribution in [2.75, 3.05) is 25.1 Å². The molecular formula is C10H14N3O. The summed E-state index contributed by atoms with van der Waals surface area (Å²) in [6.45, 7) is 2.02. The summed E-state index contributed by atoms with van der Waals surface area (Å²) in [4.78, 5) is 10.3. The minimum Gasteiger partial charge on any atom is -0.479 e. The minimum absolute atomic E-state index is 0.662. The summed E-state index contributed by atoms with van der Waals surface area (Å²) in [6.07, 6.45) is 7.99. The van der Waals surface area contributed by atoms with E-state index in [-0.39, 0.29) is 0 Å². The Balaban J connectivity index is 2.20. The first kappa shape index (κ1) is 9.24. The summed E-state index contributed by atoms with van der Waals surface area (Å²) < 4.78 is 5.19. The lowest BCUT2D eigenvalue weighted by Gasteiger charge is -2.28. The Kier molecular flexibility index (Phi) is 2.81. The highest BCUT2D eigenvalue weighted by Crippen LogP contribution is 2.26. The van der Waals surface area contributed by atoms with E-state index in [2.05, 4.69) is 21.3 Å². The van der Waals surface area contributed by atoms with Gasteiger partial charge in [0.15, 0.2) is 0 Å². The van der Waals surface area contributed by atoms with Gasteiger partial charge in [-0.1, -0.05) is 0 Å². The summed E-state index contributed by atoms with van der Waals surface area (Å²) in [5.74, 6) is 0.662. The second-order valence-corrected chi connectivity index (χ2v) is 3.29. The Morgan fingerprint density at radius 3 is 3.14 bits per heavy atom. The third kappa shape index (κ3) is 1.78. The Labute approximate surface area is 83.9 Å². The Hall–Kier alpha value is -1.32. The molecule has 4 nitrogen and oxygen atoms in total. The van der Waals surface area contributed by atoms with Crippen LogP contribution in [0.2, 0.25) is 0 Å². The fourth-order valence-corrected chi connectivity index (χ4v) is 1.67. The van der Waals surface area contributed by atoms with Crippen LogP contribution in [-0.4, -0.2) is 30.2 Å². The van der Waals surface area contributed by atoms with Gasteiger partial charge in [-0.2, -0.15) is 0 Å². The van der Waals surface area contributed by atoms with Crippen LogP contribution in [0.3, 0.4) is 0 Å². The number of piperidine rings is 1. The molecule has 14 heavy (non-hydrogen) atoms. The molecule has 0 N–H and O–H groups in total. The molecule has 1 aromatic rings. The molecule has 0 spiro atoms. The smallest absolute Gasteiger partial charge is 0.240 e. The molecule has 1 radical (unpaired) electrons. The van der Waals surface area contributed by atoms with Crippen LogP contribution in [0.15, 0.2) is 12.5 Å². The van der Waals surface area contributed by atoms with Gasteiger partial charge in [0, 0.05) is 13.1 Å². The molecule has 1 aliphatic rings. The van der Waals surface area contributed by atoms with Crippen LogP contribution in [0.4, 0.5) is 5.69 Å². The number of hydrogen-bond donors (Lipinski definition) is 0. The Bertz CT molecular complexity index is 297. The van der Waals surface area contributed by atoms with E-state index in [4.69, 9.17) is 4.74 Å². The van der Waals surface area contributed by atoms with Crippen LogP contribution < -0.4 is 9.64 Å². The summed E-state index contributed by atoms with van der Waals surface area (Å²) >= 11 is 0. The Morgan fingerprint density at radius 2 is 2.43 bits per heavy atom. The summed E-state index contributed by atoms with van der Waals surface area (Å²) in [5.41, 5.74) is 0.992. The van der Waals surface area contributed by atoms with Crippen LogP contribution >= 0.6 is 0 Å². The molecule has 0 saturated carbocycles. The van der Waals surface area contributed by atoms with Crippen LogP contribution in [0.5, 0.6) is 5.88 Å². The van der Waals surface area contributed by atoms with Gasteiger partial charge in [-0.25, -0.2) is 9.97 Å². The third-order valence-electron chi connectivity index (χ3n) is 2.38. The fourth-order valence-electron chi connectivity index (χ4n) is 1.67. The van der Waals surface area contributed by atoms with E-state index in [0.29, 0.717) is 5.88 Å². The average molecular weight is 192 g/mol. The summed E-state index contributed by atoms with van der Waals surface area (Å²) in [6, 6.07) is 0. The largest absolute Gasteiger partial charge is 0.479 e. The molecule has 1 aliphatic heterocycles. The van der Waals surface area contributed by atoms with Crippen LogP contribution in [-0.2, 0) is 0 Å². The van der Waals surface area contributed by atoms with Crippen LogP contribution in [0.1, 0.15) is 12.8 Å². The van der Waals surface area contributed by atoms with Crippen molar-refractivity contribution in [1.82, 2.24) is 9.97 Å². The first-order valence-corrected chi connectivity index (χ1v) is 4.82. The average Bonchev–Trinajstić information content (AvgIpc) is 2.30. The molecule has 1 aromatic heterocycles. The van der Waals surface area contributed by atoms with Crippen molar-refractivity contribution in [1.29, 1.82) is 0 Å². The highest BCUT2D eigenvalue weighted by Gasteiger charge is 2.15. The molecular weight excluding hydrogens is 178 g/mol. The molecule has 1 saturated heterocycles. The predicted octanol–water partition coefficient (Wildman–Crippen LogP) is 1.29. The molecule has 2 heterocycles. The lowest BCUT2D eigenvalue weighted by Crippen LogP contribution is -2.30. The number of methoxy groups -OCH3 is 1. The van der Waals surface area contributed by atoms with Crippen molar-refractivity contribution < 1.29 is 4.74 Å². The van der Waals surface area contributed by atoms with Crippen molar-refractivity contribution in [3.8, 4) is 5.88 Å². The molecule has 4 heteroatoms. The molecule has 0 atom stereocenters. The predicted molar refractivity (Wildman–Crippen MR) is 54.3 cm³/mol. The van der Waals surface area contributed by atoms with E-state index >= 15 is 0 Å². The van der Waals surface area contributed by atoms with Crippen molar-refractivity contribution in [3.05, 3.63) is 18.9 Å². The van der Waals surface area contributed by atoms with Gasteiger partial charge in [0.2, 0.25) is 5.88 Å². The van der Waals surface area contributed by atoms with E-state index < -0.39 is 0 Å². The maximum Gasteiger partial charge on any atom is 0.240 e. The molecule has 0 unspecified atom stereocenters. The normalized spacial score (nSPS) is 16.8. The lowest BCUT2D eigenvalue weighted by atomic mass is 10.1. The van der Waals surface area contributed by atoms with E-state index in [0.717, 1.165) is 18.8 Å². The van der Waals surface area contributed by atoms with E-state index in [1.807, 2.05) is 6.20 Å². The molecule has 2 rings (SSSR count). The second kappa shape index (κ2) is 4.26. The molecule has 0 bridgehead atoms. The molecule has 1 fully saturated rings. The SMILES string of the molecule is COc1ncncc1N1C[CH]CCC1. The maximum atomic E-state index is 5.19. The van der Waals surface area contributed by atoms with Gasteiger partial charge < -0.3 is 9.64 Å². The second-order valence-electron chi connectivity index (χ2n) is 3.29. The van der Waals surface area contributed by atoms with E-state index in [9.17, 15) is 0 Å². The van der Waals surface area contributed by atoms with Gasteiger partial charge in [-0.05, 0) is 19.3 Å². The zero-order chi connectivity index (χ0) is 9.80. The fraction of sp³-hybridized carbons (Fsp3) is 0.500. The number of hydrogen-bond acceptors (Lipinski definition) is 4. The summed E-state index contributed by atoms with van der Waals surface area (Å²) in [7, 11) is 1.64. The number of ether oxygens (including phenoxy) is 1. The zero-order valence-corrected chi connectivity index (χ0v) is 8.31. The van der Waals surface area contributed by atoms with Crippen molar-refractivity contribution >= 4 is 5.69 Å². The van der Waals surface area contributed by atoms with Crippen molar-refractivity contribution in [3.63, 3.8) is 0 Å². The molecule has 0 aliphatic carbocycles. The lowest BCUT2D eigenvalue weighted by molar-refractivity contribution is 0.396. The highest BCUT2D eigenvalue weighted by atomic mass is 16.5. The molecule has 0 aromatic carbocycles. The minimum atomic E-state index is 0.662. The van der Waals surface area contributed by atoms with Gasteiger partial charge in [-0.3, -0.25) is 0 Å². The number of nitrogens with zero attached hydrogens (tertiary/aromatic N) is 3. The highest BCUT2D eigenvalue weighted by molar-refractivity contribution is 5.53. The van der Waals surface area contributed by atoms with E-state index in [1.165, 1.54) is 19.2 Å². The van der Waals surface area contributed by atoms with Crippen molar-refractivity contribution in [2.45, 2.75) is 12.8 Å². The molecule has 0 amide bonds. The number of aromatic nitrogens is 2. The van der Waals surface area contributed by atoms with Crippen LogP contribution in [0.25, 0.3) is 0 Å². The zero-order valence-electron chi connectivity index (χ0n) is 8.31. The van der Waals surface area contributed by atoms with Gasteiger partial charge in [0.1, 0.15) is 12.0 Å². The first-order chi connectivity index (χ1) is 6.92. The third-order valence-corrected chi connectivity index (χ3v) is 2.38. The van der Waals surface area contributed by atoms with Crippen molar-refractivity contribution in [2.24, 2.45) is 0 Å². The van der Waals surface area contributed by atoms with Gasteiger partial charge in [0.05, 0.1) is 13.3 Å². The van der Waals surface area contributed by atoms with Gasteiger partial charge >= 0.3 is 0 Å². The monoisotopic (exact) mass is 192 g/mol. The van der Waals surface area contributed by atoms with Gasteiger partial charge in [-0.15, -0.1) is 0 Å². The number of anilines is 1. The van der Waals surface area contributed by atoms with Crippen LogP contribution in [0, 0.1) is 6.42 Å². The molecule has 75 valence electrons. The first-order valence-electron chi connectivity index (χ1n) is 4.82. The summed E-state index contributed by atoms with van der Waals surface area (Å²) in [5, 5.41) is 0. The Morgan fingerprint density at radius 1 is 1.50 bits per heavy atom. The standard InChI is InChI=1S/C10H14N3O/c1-14-10-9(7-11-8-12-10)13-5-3-2-4-6-13/h3,7-8H,2,4-6H2,1H3. The topological polar surface area (TPSA) is 38.3 Å². The number of rotatable bonds is 2. The van der Waals surface area contributed by atoms with E-state index in [1.54, 1.807) is 7.11 Å². The maximum absolute atomic E-state index is 5.19. The van der Waals surface area contributed by atoms with Gasteiger partial charge in [0.25, 0.3) is 0 Å². The quantitative estimate of drug-likeness (QED) is 0.707.